The van der Waals surface area contributed by atoms with E-state index in [1.54, 1.807) is 13.0 Å². The van der Waals surface area contributed by atoms with Crippen LogP contribution in [0.3, 0.4) is 0 Å². The molecule has 3 aromatic heterocycles. The minimum Gasteiger partial charge on any atom is -0.478 e. The number of nitrogens with zero attached hydrogens (tertiary/aromatic N) is 6. The van der Waals surface area contributed by atoms with Gasteiger partial charge in [0.2, 0.25) is 5.88 Å². The first-order valence-electron chi connectivity index (χ1n) is 11.2. The van der Waals surface area contributed by atoms with Crippen molar-refractivity contribution in [2.24, 2.45) is 7.05 Å². The average molecular weight is 500 g/mol. The van der Waals surface area contributed by atoms with E-state index in [-0.39, 0.29) is 29.4 Å². The minimum absolute atomic E-state index is 0.0214. The summed E-state index contributed by atoms with van der Waals surface area (Å²) >= 11 is 0. The Kier molecular flexibility index (Phi) is 6.78. The lowest BCUT2D eigenvalue weighted by molar-refractivity contribution is -0.141. The SMILES string of the molecule is CCOc1nc(C#N)cc(NC(=O)NCc2cc(C)c(-c3cn(C)nc3C(F)(F)F)nn2)c1C1CC1. The van der Waals surface area contributed by atoms with Gasteiger partial charge in [-0.3, -0.25) is 4.68 Å². The van der Waals surface area contributed by atoms with Crippen molar-refractivity contribution < 1.29 is 22.7 Å². The van der Waals surface area contributed by atoms with Gasteiger partial charge in [-0.2, -0.15) is 28.6 Å². The quantitative estimate of drug-likeness (QED) is 0.500. The molecule has 0 atom stereocenters. The van der Waals surface area contributed by atoms with Crippen LogP contribution < -0.4 is 15.4 Å². The van der Waals surface area contributed by atoms with Gasteiger partial charge in [0.15, 0.2) is 5.69 Å². The Morgan fingerprint density at radius 2 is 2.06 bits per heavy atom. The molecule has 0 aliphatic heterocycles. The van der Waals surface area contributed by atoms with Crippen molar-refractivity contribution in [3.8, 4) is 23.2 Å². The van der Waals surface area contributed by atoms with E-state index in [2.05, 4.69) is 30.9 Å². The zero-order chi connectivity index (χ0) is 26.0. The molecule has 0 unspecified atom stereocenters. The Morgan fingerprint density at radius 3 is 2.67 bits per heavy atom. The largest absolute Gasteiger partial charge is 0.478 e. The average Bonchev–Trinajstić information content (AvgIpc) is 3.57. The lowest BCUT2D eigenvalue weighted by atomic mass is 10.1. The second kappa shape index (κ2) is 9.80. The molecule has 36 heavy (non-hydrogen) atoms. The summed E-state index contributed by atoms with van der Waals surface area (Å²) in [6.07, 6.45) is -1.54. The molecular weight excluding hydrogens is 477 g/mol. The third kappa shape index (κ3) is 5.37. The summed E-state index contributed by atoms with van der Waals surface area (Å²) in [5, 5.41) is 26.1. The molecule has 0 saturated heterocycles. The first-order valence-corrected chi connectivity index (χ1v) is 11.2. The number of carbonyl (C=O) groups excluding carboxylic acids is 1. The summed E-state index contributed by atoms with van der Waals surface area (Å²) in [7, 11) is 1.40. The molecule has 10 nitrogen and oxygen atoms in total. The Bertz CT molecular complexity index is 1340. The zero-order valence-corrected chi connectivity index (χ0v) is 19.8. The summed E-state index contributed by atoms with van der Waals surface area (Å²) in [5.41, 5.74) is 0.961. The maximum Gasteiger partial charge on any atom is 0.435 e. The fourth-order valence-electron chi connectivity index (χ4n) is 3.81. The second-order valence-electron chi connectivity index (χ2n) is 8.33. The Balaban J connectivity index is 1.49. The molecular formula is C23H23F3N8O2. The van der Waals surface area contributed by atoms with Gasteiger partial charge in [0.25, 0.3) is 0 Å². The fraction of sp³-hybridized carbons (Fsp3) is 0.391. The molecule has 3 heterocycles. The van der Waals surface area contributed by atoms with Crippen molar-refractivity contribution >= 4 is 11.7 Å². The number of pyridine rings is 1. The van der Waals surface area contributed by atoms with E-state index in [0.717, 1.165) is 23.1 Å². The highest BCUT2D eigenvalue weighted by molar-refractivity contribution is 5.91. The smallest absolute Gasteiger partial charge is 0.435 e. The summed E-state index contributed by atoms with van der Waals surface area (Å²) < 4.78 is 46.7. The zero-order valence-electron chi connectivity index (χ0n) is 19.8. The van der Waals surface area contributed by atoms with Gasteiger partial charge in [-0.1, -0.05) is 0 Å². The number of hydrogen-bond donors (Lipinski definition) is 2. The molecule has 0 bridgehead atoms. The van der Waals surface area contributed by atoms with Crippen molar-refractivity contribution in [2.75, 3.05) is 11.9 Å². The van der Waals surface area contributed by atoms with E-state index in [4.69, 9.17) is 4.74 Å². The number of hydrogen-bond acceptors (Lipinski definition) is 7. The minimum atomic E-state index is -4.64. The van der Waals surface area contributed by atoms with Crippen LogP contribution in [0.4, 0.5) is 23.7 Å². The number of carbonyl (C=O) groups is 1. The monoisotopic (exact) mass is 500 g/mol. The Morgan fingerprint density at radius 1 is 1.31 bits per heavy atom. The molecule has 1 fully saturated rings. The number of anilines is 1. The molecule has 2 N–H and O–H groups in total. The van der Waals surface area contributed by atoms with Gasteiger partial charge in [-0.05, 0) is 50.3 Å². The number of rotatable bonds is 7. The van der Waals surface area contributed by atoms with Crippen molar-refractivity contribution in [2.45, 2.75) is 45.3 Å². The summed E-state index contributed by atoms with van der Waals surface area (Å²) in [6, 6.07) is 4.47. The predicted molar refractivity (Wildman–Crippen MR) is 122 cm³/mol. The number of ether oxygens (including phenoxy) is 1. The van der Waals surface area contributed by atoms with Crippen LogP contribution in [0, 0.1) is 18.3 Å². The summed E-state index contributed by atoms with van der Waals surface area (Å²) in [4.78, 5) is 16.9. The van der Waals surface area contributed by atoms with Gasteiger partial charge in [0.05, 0.1) is 35.8 Å². The third-order valence-corrected chi connectivity index (χ3v) is 5.47. The molecule has 188 valence electrons. The molecule has 4 rings (SSSR count). The first-order chi connectivity index (χ1) is 17.1. The predicted octanol–water partition coefficient (Wildman–Crippen LogP) is 4.07. The molecule has 2 amide bonds. The first kappa shape index (κ1) is 24.9. The van der Waals surface area contributed by atoms with Crippen LogP contribution in [0.25, 0.3) is 11.3 Å². The Labute approximate surface area is 204 Å². The standard InChI is InChI=1S/C23H23F3N8O2/c1-4-36-21-18(13-5-6-13)17(8-14(9-27)29-21)30-22(35)28-10-15-7-12(2)19(32-31-15)16-11-34(3)33-20(16)23(24,25)26/h7-8,11,13H,4-6,10H2,1-3H3,(H2,28,29,30,35). The number of halogens is 3. The molecule has 1 aliphatic rings. The lowest BCUT2D eigenvalue weighted by Gasteiger charge is -2.15. The topological polar surface area (TPSA) is 131 Å². The van der Waals surface area contributed by atoms with Crippen molar-refractivity contribution in [3.63, 3.8) is 0 Å². The van der Waals surface area contributed by atoms with E-state index >= 15 is 0 Å². The van der Waals surface area contributed by atoms with Crippen LogP contribution in [0.15, 0.2) is 18.3 Å². The lowest BCUT2D eigenvalue weighted by Crippen LogP contribution is -2.29. The maximum absolute atomic E-state index is 13.3. The highest BCUT2D eigenvalue weighted by atomic mass is 19.4. The number of aryl methyl sites for hydroxylation is 2. The third-order valence-electron chi connectivity index (χ3n) is 5.47. The van der Waals surface area contributed by atoms with Crippen molar-refractivity contribution in [1.82, 2.24) is 30.3 Å². The van der Waals surface area contributed by atoms with Crippen LogP contribution in [0.5, 0.6) is 5.88 Å². The van der Waals surface area contributed by atoms with Gasteiger partial charge in [-0.25, -0.2) is 9.78 Å². The van der Waals surface area contributed by atoms with E-state index < -0.39 is 17.9 Å². The van der Waals surface area contributed by atoms with Gasteiger partial charge >= 0.3 is 12.2 Å². The Hall–Kier alpha value is -4.21. The van der Waals surface area contributed by atoms with E-state index in [9.17, 15) is 23.2 Å². The summed E-state index contributed by atoms with van der Waals surface area (Å²) in [5.74, 6) is 0.525. The van der Waals surface area contributed by atoms with E-state index in [0.29, 0.717) is 29.4 Å². The maximum atomic E-state index is 13.3. The number of nitrogens with one attached hydrogen (secondary N) is 2. The number of amides is 2. The highest BCUT2D eigenvalue weighted by Gasteiger charge is 2.38. The molecule has 1 aliphatic carbocycles. The van der Waals surface area contributed by atoms with Crippen LogP contribution in [-0.2, 0) is 19.8 Å². The fourth-order valence-corrected chi connectivity index (χ4v) is 3.81. The van der Waals surface area contributed by atoms with E-state index in [1.165, 1.54) is 19.3 Å². The van der Waals surface area contributed by atoms with Gasteiger partial charge in [-0.15, -0.1) is 5.10 Å². The molecule has 13 heteroatoms. The molecule has 1 saturated carbocycles. The molecule has 3 aromatic rings. The second-order valence-corrected chi connectivity index (χ2v) is 8.33. The van der Waals surface area contributed by atoms with Crippen LogP contribution in [0.2, 0.25) is 0 Å². The van der Waals surface area contributed by atoms with Crippen molar-refractivity contribution in [3.05, 3.63) is 46.5 Å². The normalized spacial score (nSPS) is 13.2. The summed E-state index contributed by atoms with van der Waals surface area (Å²) in [6.45, 7) is 3.76. The molecule has 0 radical (unpaired) electrons. The number of aromatic nitrogens is 5. The van der Waals surface area contributed by atoms with Crippen LogP contribution in [0.1, 0.15) is 53.9 Å². The number of nitriles is 1. The molecule has 0 aromatic carbocycles. The number of alkyl halides is 3. The molecule has 0 spiro atoms. The van der Waals surface area contributed by atoms with Gasteiger partial charge in [0, 0.05) is 18.8 Å². The van der Waals surface area contributed by atoms with E-state index in [1.807, 2.05) is 13.0 Å². The van der Waals surface area contributed by atoms with Gasteiger partial charge < -0.3 is 15.4 Å². The van der Waals surface area contributed by atoms with Crippen LogP contribution in [-0.4, -0.2) is 37.6 Å². The highest BCUT2D eigenvalue weighted by Crippen LogP contribution is 2.47. The van der Waals surface area contributed by atoms with Gasteiger partial charge in [0.1, 0.15) is 11.8 Å². The number of urea groups is 1. The van der Waals surface area contributed by atoms with Crippen LogP contribution >= 0.6 is 0 Å². The van der Waals surface area contributed by atoms with Crippen molar-refractivity contribution in [1.29, 1.82) is 5.26 Å².